The minimum absolute atomic E-state index is 0.0472. The van der Waals surface area contributed by atoms with Gasteiger partial charge in [-0.15, -0.1) is 0 Å². The highest BCUT2D eigenvalue weighted by Crippen LogP contribution is 2.27. The van der Waals surface area contributed by atoms with E-state index >= 15 is 0 Å². The number of nitrogens with two attached hydrogens (primary N) is 1. The molecule has 4 nitrogen and oxygen atoms in total. The first kappa shape index (κ1) is 19.4. The molecule has 0 saturated heterocycles. The Labute approximate surface area is 150 Å². The molecule has 0 aliphatic carbocycles. The molecule has 2 atom stereocenters. The van der Waals surface area contributed by atoms with Gasteiger partial charge in [-0.1, -0.05) is 31.2 Å². The molecule has 2 unspecified atom stereocenters. The molecule has 0 saturated carbocycles. The molecule has 1 aromatic carbocycles. The summed E-state index contributed by atoms with van der Waals surface area (Å²) in [5, 5.41) is 9.31. The zero-order valence-electron chi connectivity index (χ0n) is 15.7. The number of aromatic nitrogens is 1. The van der Waals surface area contributed by atoms with Crippen molar-refractivity contribution >= 4 is 5.78 Å². The summed E-state index contributed by atoms with van der Waals surface area (Å²) in [6.45, 7) is 5.90. The lowest BCUT2D eigenvalue weighted by atomic mass is 9.88. The number of rotatable bonds is 8. The van der Waals surface area contributed by atoms with Crippen LogP contribution in [0.1, 0.15) is 59.9 Å². The Balaban J connectivity index is 2.23. The molecule has 3 N–H and O–H groups in total. The third-order valence-corrected chi connectivity index (χ3v) is 5.08. The van der Waals surface area contributed by atoms with Gasteiger partial charge in [0.1, 0.15) is 0 Å². The SMILES string of the molecule is CCC(C(=O)c1ccc(CCC(C)(N)CO)n1C)c1ccccc1C. The van der Waals surface area contributed by atoms with Crippen LogP contribution in [0.5, 0.6) is 0 Å². The third-order valence-electron chi connectivity index (χ3n) is 5.08. The standard InChI is InChI=1S/C21H30N2O2/c1-5-17(18-9-7-6-8-15(18)2)20(25)19-11-10-16(23(19)4)12-13-21(3,22)14-24/h6-11,17,24H,5,12-14,22H2,1-4H3. The molecule has 0 fully saturated rings. The summed E-state index contributed by atoms with van der Waals surface area (Å²) in [7, 11) is 1.93. The fourth-order valence-corrected chi connectivity index (χ4v) is 3.25. The molecule has 2 aromatic rings. The lowest BCUT2D eigenvalue weighted by molar-refractivity contribution is 0.0948. The zero-order chi connectivity index (χ0) is 18.6. The van der Waals surface area contributed by atoms with Crippen LogP contribution in [0, 0.1) is 6.92 Å². The zero-order valence-corrected chi connectivity index (χ0v) is 15.7. The third kappa shape index (κ3) is 4.39. The number of aryl methyl sites for hydroxylation is 2. The van der Waals surface area contributed by atoms with E-state index < -0.39 is 5.54 Å². The number of ketones is 1. The second kappa shape index (κ2) is 7.98. The minimum Gasteiger partial charge on any atom is -0.394 e. The summed E-state index contributed by atoms with van der Waals surface area (Å²) in [4.78, 5) is 13.1. The maximum Gasteiger partial charge on any atom is 0.186 e. The van der Waals surface area contributed by atoms with E-state index in [0.29, 0.717) is 6.42 Å². The summed E-state index contributed by atoms with van der Waals surface area (Å²) in [5.74, 6) is 0.0306. The number of benzene rings is 1. The molecule has 1 aromatic heterocycles. The molecular weight excluding hydrogens is 312 g/mol. The maximum absolute atomic E-state index is 13.1. The number of carbonyl (C=O) groups is 1. The van der Waals surface area contributed by atoms with Crippen molar-refractivity contribution in [3.8, 4) is 0 Å². The van der Waals surface area contributed by atoms with Crippen molar-refractivity contribution < 1.29 is 9.90 Å². The fraction of sp³-hybridized carbons (Fsp3) is 0.476. The second-order valence-electron chi connectivity index (χ2n) is 7.26. The first-order valence-electron chi connectivity index (χ1n) is 8.94. The highest BCUT2D eigenvalue weighted by Gasteiger charge is 2.25. The Morgan fingerprint density at radius 1 is 1.28 bits per heavy atom. The highest BCUT2D eigenvalue weighted by molar-refractivity contribution is 6.00. The van der Waals surface area contributed by atoms with Crippen LogP contribution in [-0.4, -0.2) is 27.6 Å². The van der Waals surface area contributed by atoms with Gasteiger partial charge in [0.05, 0.1) is 12.3 Å². The molecule has 0 spiro atoms. The normalized spacial score (nSPS) is 15.0. The molecule has 0 amide bonds. The van der Waals surface area contributed by atoms with Crippen LogP contribution in [0.25, 0.3) is 0 Å². The molecule has 0 bridgehead atoms. The van der Waals surface area contributed by atoms with Crippen molar-refractivity contribution in [2.45, 2.75) is 51.5 Å². The van der Waals surface area contributed by atoms with Gasteiger partial charge in [0, 0.05) is 24.2 Å². The van der Waals surface area contributed by atoms with E-state index in [-0.39, 0.29) is 18.3 Å². The van der Waals surface area contributed by atoms with Gasteiger partial charge < -0.3 is 15.4 Å². The summed E-state index contributed by atoms with van der Waals surface area (Å²) in [6.07, 6.45) is 2.18. The maximum atomic E-state index is 13.1. The summed E-state index contributed by atoms with van der Waals surface area (Å²) >= 11 is 0. The van der Waals surface area contributed by atoms with Gasteiger partial charge >= 0.3 is 0 Å². The molecule has 2 rings (SSSR count). The summed E-state index contributed by atoms with van der Waals surface area (Å²) in [6, 6.07) is 12.0. The van der Waals surface area contributed by atoms with Gasteiger partial charge in [-0.2, -0.15) is 0 Å². The van der Waals surface area contributed by atoms with Crippen molar-refractivity contribution in [1.29, 1.82) is 0 Å². The number of hydrogen-bond donors (Lipinski definition) is 2. The van der Waals surface area contributed by atoms with Crippen LogP contribution in [0.3, 0.4) is 0 Å². The number of Topliss-reactive ketones (excluding diaryl/α,β-unsaturated/α-hetero) is 1. The van der Waals surface area contributed by atoms with Crippen LogP contribution in [0.4, 0.5) is 0 Å². The molecule has 25 heavy (non-hydrogen) atoms. The van der Waals surface area contributed by atoms with E-state index in [1.807, 2.05) is 48.9 Å². The molecule has 1 heterocycles. The van der Waals surface area contributed by atoms with Crippen LogP contribution >= 0.6 is 0 Å². The second-order valence-corrected chi connectivity index (χ2v) is 7.26. The largest absolute Gasteiger partial charge is 0.394 e. The molecule has 4 heteroatoms. The number of aliphatic hydroxyl groups excluding tert-OH is 1. The van der Waals surface area contributed by atoms with Gasteiger partial charge in [-0.05, 0) is 56.4 Å². The Morgan fingerprint density at radius 2 is 1.96 bits per heavy atom. The average Bonchev–Trinajstić information content (AvgIpc) is 2.96. The van der Waals surface area contributed by atoms with E-state index in [4.69, 9.17) is 5.73 Å². The summed E-state index contributed by atoms with van der Waals surface area (Å²) in [5.41, 5.74) is 9.47. The van der Waals surface area contributed by atoms with E-state index in [9.17, 15) is 9.90 Å². The fourth-order valence-electron chi connectivity index (χ4n) is 3.25. The van der Waals surface area contributed by atoms with Crippen LogP contribution in [-0.2, 0) is 13.5 Å². The van der Waals surface area contributed by atoms with E-state index in [1.54, 1.807) is 0 Å². The Morgan fingerprint density at radius 3 is 2.56 bits per heavy atom. The Hall–Kier alpha value is -1.91. The van der Waals surface area contributed by atoms with E-state index in [1.165, 1.54) is 0 Å². The average molecular weight is 342 g/mol. The number of aliphatic hydroxyl groups is 1. The van der Waals surface area contributed by atoms with Gasteiger partial charge in [-0.3, -0.25) is 4.79 Å². The van der Waals surface area contributed by atoms with Crippen molar-refractivity contribution in [2.75, 3.05) is 6.61 Å². The van der Waals surface area contributed by atoms with Crippen molar-refractivity contribution in [3.63, 3.8) is 0 Å². The number of hydrogen-bond acceptors (Lipinski definition) is 3. The minimum atomic E-state index is -0.596. The molecule has 0 aliphatic rings. The summed E-state index contributed by atoms with van der Waals surface area (Å²) < 4.78 is 1.97. The smallest absolute Gasteiger partial charge is 0.186 e. The van der Waals surface area contributed by atoms with Crippen molar-refractivity contribution in [1.82, 2.24) is 4.57 Å². The van der Waals surface area contributed by atoms with Gasteiger partial charge in [0.25, 0.3) is 0 Å². The first-order chi connectivity index (χ1) is 11.8. The topological polar surface area (TPSA) is 68.2 Å². The molecule has 136 valence electrons. The van der Waals surface area contributed by atoms with Crippen LogP contribution in [0.15, 0.2) is 36.4 Å². The Kier molecular flexibility index (Phi) is 6.20. The number of carbonyl (C=O) groups excluding carboxylic acids is 1. The van der Waals surface area contributed by atoms with Crippen molar-refractivity contribution in [2.24, 2.45) is 12.8 Å². The van der Waals surface area contributed by atoms with E-state index in [0.717, 1.165) is 35.4 Å². The quantitative estimate of drug-likeness (QED) is 0.723. The van der Waals surface area contributed by atoms with E-state index in [2.05, 4.69) is 19.9 Å². The Bertz CT molecular complexity index is 731. The van der Waals surface area contributed by atoms with Crippen molar-refractivity contribution in [3.05, 3.63) is 58.9 Å². The predicted molar refractivity (Wildman–Crippen MR) is 102 cm³/mol. The highest BCUT2D eigenvalue weighted by atomic mass is 16.3. The number of nitrogens with zero attached hydrogens (tertiary/aromatic N) is 1. The monoisotopic (exact) mass is 342 g/mol. The molecule has 0 aliphatic heterocycles. The molecular formula is C21H30N2O2. The van der Waals surface area contributed by atoms with Gasteiger partial charge in [0.15, 0.2) is 5.78 Å². The first-order valence-corrected chi connectivity index (χ1v) is 8.94. The molecule has 0 radical (unpaired) electrons. The van der Waals surface area contributed by atoms with Crippen LogP contribution in [0.2, 0.25) is 0 Å². The van der Waals surface area contributed by atoms with Crippen LogP contribution < -0.4 is 5.73 Å². The lowest BCUT2D eigenvalue weighted by Gasteiger charge is -2.22. The lowest BCUT2D eigenvalue weighted by Crippen LogP contribution is -2.40. The van der Waals surface area contributed by atoms with Gasteiger partial charge in [0.2, 0.25) is 0 Å². The predicted octanol–water partition coefficient (Wildman–Crippen LogP) is 3.35. The van der Waals surface area contributed by atoms with Gasteiger partial charge in [-0.25, -0.2) is 0 Å².